The van der Waals surface area contributed by atoms with Crippen LogP contribution in [0.15, 0.2) is 36.5 Å². The minimum absolute atomic E-state index is 0.0516. The minimum Gasteiger partial charge on any atom is -0.489 e. The molecule has 0 saturated carbocycles. The van der Waals surface area contributed by atoms with E-state index in [4.69, 9.17) is 21.6 Å². The zero-order valence-electron chi connectivity index (χ0n) is 15.3. The number of benzene rings is 1. The molecule has 1 aromatic carbocycles. The number of hydrogen-bond donors (Lipinski definition) is 1. The smallest absolute Gasteiger partial charge is 0.142 e. The Morgan fingerprint density at radius 2 is 2.11 bits per heavy atom. The Hall–Kier alpha value is -3.11. The van der Waals surface area contributed by atoms with E-state index in [1.807, 2.05) is 51.2 Å². The molecule has 3 aromatic rings. The van der Waals surface area contributed by atoms with Crippen LogP contribution in [0.2, 0.25) is 5.02 Å². The summed E-state index contributed by atoms with van der Waals surface area (Å²) in [6.45, 7) is 6.21. The Kier molecular flexibility index (Phi) is 5.57. The van der Waals surface area contributed by atoms with Crippen LogP contribution < -0.4 is 10.1 Å². The van der Waals surface area contributed by atoms with Gasteiger partial charge in [-0.3, -0.25) is 0 Å². The first-order valence-corrected chi connectivity index (χ1v) is 8.83. The van der Waals surface area contributed by atoms with Crippen molar-refractivity contribution in [3.63, 3.8) is 0 Å². The van der Waals surface area contributed by atoms with Crippen LogP contribution in [0.25, 0.3) is 5.69 Å². The maximum atomic E-state index is 9.01. The predicted octanol–water partition coefficient (Wildman–Crippen LogP) is 3.90. The second-order valence-corrected chi connectivity index (χ2v) is 6.69. The fraction of sp³-hybridized carbons (Fsp3) is 0.263. The van der Waals surface area contributed by atoms with Gasteiger partial charge >= 0.3 is 0 Å². The Balaban J connectivity index is 1.71. The Bertz CT molecular complexity index is 992. The van der Waals surface area contributed by atoms with Gasteiger partial charge in [0.15, 0.2) is 0 Å². The van der Waals surface area contributed by atoms with Crippen LogP contribution in [0.5, 0.6) is 5.75 Å². The number of nitrogens with one attached hydrogen (secondary N) is 1. The number of anilines is 1. The number of aromatic nitrogens is 4. The monoisotopic (exact) mass is 382 g/mol. The molecular weight excluding hydrogens is 364 g/mol. The number of aryl methyl sites for hydroxylation is 1. The van der Waals surface area contributed by atoms with Gasteiger partial charge in [0.05, 0.1) is 29.6 Å². The molecule has 0 unspecified atom stereocenters. The molecule has 0 aliphatic heterocycles. The number of nitriles is 1. The van der Waals surface area contributed by atoms with Crippen molar-refractivity contribution >= 4 is 17.3 Å². The molecule has 0 bridgehead atoms. The molecule has 27 heavy (non-hydrogen) atoms. The zero-order valence-corrected chi connectivity index (χ0v) is 16.0. The van der Waals surface area contributed by atoms with Gasteiger partial charge in [-0.05, 0) is 51.1 Å². The molecule has 0 saturated heterocycles. The van der Waals surface area contributed by atoms with Crippen LogP contribution in [0.1, 0.15) is 30.9 Å². The first kappa shape index (κ1) is 18.7. The summed E-state index contributed by atoms with van der Waals surface area (Å²) in [5.74, 6) is 0.638. The minimum atomic E-state index is 0.0516. The maximum absolute atomic E-state index is 9.01. The molecule has 1 N–H and O–H groups in total. The van der Waals surface area contributed by atoms with Crippen molar-refractivity contribution in [2.45, 2.75) is 33.4 Å². The third-order valence-corrected chi connectivity index (χ3v) is 3.92. The van der Waals surface area contributed by atoms with E-state index in [2.05, 4.69) is 20.6 Å². The summed E-state index contributed by atoms with van der Waals surface area (Å²) in [6.07, 6.45) is 1.87. The van der Waals surface area contributed by atoms with Gasteiger partial charge in [0, 0.05) is 11.4 Å². The van der Waals surface area contributed by atoms with Crippen molar-refractivity contribution in [2.24, 2.45) is 0 Å². The summed E-state index contributed by atoms with van der Waals surface area (Å²) in [7, 11) is 0. The SMILES string of the molecule is Cc1cc(NCc2cn(-c3ccc(OC(C)C)c(Cl)c3)nn2)cc(C#N)n1. The van der Waals surface area contributed by atoms with Crippen molar-refractivity contribution in [3.05, 3.63) is 58.6 Å². The summed E-state index contributed by atoms with van der Waals surface area (Å²) in [4.78, 5) is 4.13. The van der Waals surface area contributed by atoms with E-state index in [9.17, 15) is 0 Å². The molecule has 3 rings (SSSR count). The molecule has 0 spiro atoms. The van der Waals surface area contributed by atoms with Crippen molar-refractivity contribution in [1.82, 2.24) is 20.0 Å². The highest BCUT2D eigenvalue weighted by molar-refractivity contribution is 6.32. The van der Waals surface area contributed by atoms with E-state index >= 15 is 0 Å². The van der Waals surface area contributed by atoms with Crippen molar-refractivity contribution in [2.75, 3.05) is 5.32 Å². The molecule has 0 fully saturated rings. The topological polar surface area (TPSA) is 88.6 Å². The third-order valence-electron chi connectivity index (χ3n) is 3.63. The average Bonchev–Trinajstić information content (AvgIpc) is 3.10. The summed E-state index contributed by atoms with van der Waals surface area (Å²) in [5.41, 5.74) is 3.51. The molecule has 0 radical (unpaired) electrons. The van der Waals surface area contributed by atoms with Gasteiger partial charge < -0.3 is 10.1 Å². The molecule has 0 aliphatic carbocycles. The normalized spacial score (nSPS) is 10.7. The standard InChI is InChI=1S/C19H19ClN6O/c1-12(2)27-19-5-4-17(8-18(19)20)26-11-16(24-25-26)10-22-14-6-13(3)23-15(7-14)9-21/h4-8,11-12H,10H2,1-3H3,(H,22,23). The van der Waals surface area contributed by atoms with E-state index in [0.29, 0.717) is 23.0 Å². The van der Waals surface area contributed by atoms with Gasteiger partial charge in [-0.2, -0.15) is 5.26 Å². The van der Waals surface area contributed by atoms with Gasteiger partial charge in [-0.1, -0.05) is 16.8 Å². The van der Waals surface area contributed by atoms with Crippen molar-refractivity contribution in [3.8, 4) is 17.5 Å². The maximum Gasteiger partial charge on any atom is 0.142 e. The molecule has 8 heteroatoms. The highest BCUT2D eigenvalue weighted by Gasteiger charge is 2.09. The molecule has 0 amide bonds. The number of rotatable bonds is 6. The lowest BCUT2D eigenvalue weighted by molar-refractivity contribution is 0.242. The number of ether oxygens (including phenoxy) is 1. The highest BCUT2D eigenvalue weighted by atomic mass is 35.5. The van der Waals surface area contributed by atoms with Gasteiger partial charge in [0.25, 0.3) is 0 Å². The Morgan fingerprint density at radius 1 is 1.30 bits per heavy atom. The van der Waals surface area contributed by atoms with Gasteiger partial charge in [-0.15, -0.1) is 5.10 Å². The zero-order chi connectivity index (χ0) is 19.4. The fourth-order valence-corrected chi connectivity index (χ4v) is 2.73. The van der Waals surface area contributed by atoms with Crippen LogP contribution in [-0.4, -0.2) is 26.1 Å². The Labute approximate surface area is 162 Å². The van der Waals surface area contributed by atoms with E-state index in [-0.39, 0.29) is 6.10 Å². The number of pyridine rings is 1. The summed E-state index contributed by atoms with van der Waals surface area (Å²) in [5, 5.41) is 21.1. The Morgan fingerprint density at radius 3 is 2.81 bits per heavy atom. The molecule has 2 aromatic heterocycles. The van der Waals surface area contributed by atoms with E-state index in [1.54, 1.807) is 16.8 Å². The fourth-order valence-electron chi connectivity index (χ4n) is 2.51. The van der Waals surface area contributed by atoms with Crippen LogP contribution in [0, 0.1) is 18.3 Å². The van der Waals surface area contributed by atoms with Gasteiger partial charge in [0.1, 0.15) is 23.2 Å². The quantitative estimate of drug-likeness (QED) is 0.695. The first-order chi connectivity index (χ1) is 12.9. The lowest BCUT2D eigenvalue weighted by atomic mass is 10.2. The first-order valence-electron chi connectivity index (χ1n) is 8.45. The van der Waals surface area contributed by atoms with E-state index < -0.39 is 0 Å². The van der Waals surface area contributed by atoms with Gasteiger partial charge in [-0.25, -0.2) is 9.67 Å². The molecule has 7 nitrogen and oxygen atoms in total. The molecule has 138 valence electrons. The largest absolute Gasteiger partial charge is 0.489 e. The van der Waals surface area contributed by atoms with Crippen LogP contribution >= 0.6 is 11.6 Å². The van der Waals surface area contributed by atoms with Gasteiger partial charge in [0.2, 0.25) is 0 Å². The third kappa shape index (κ3) is 4.74. The lowest BCUT2D eigenvalue weighted by Gasteiger charge is -2.12. The molecule has 0 aliphatic rings. The van der Waals surface area contributed by atoms with E-state index in [0.717, 1.165) is 22.8 Å². The van der Waals surface area contributed by atoms with Crippen LogP contribution in [0.4, 0.5) is 5.69 Å². The number of halogens is 1. The van der Waals surface area contributed by atoms with E-state index in [1.165, 1.54) is 0 Å². The second-order valence-electron chi connectivity index (χ2n) is 6.28. The second kappa shape index (κ2) is 8.06. The number of nitrogens with zero attached hydrogens (tertiary/aromatic N) is 5. The molecule has 0 atom stereocenters. The van der Waals surface area contributed by atoms with Crippen LogP contribution in [-0.2, 0) is 6.54 Å². The number of hydrogen-bond acceptors (Lipinski definition) is 6. The lowest BCUT2D eigenvalue weighted by Crippen LogP contribution is -2.06. The predicted molar refractivity (Wildman–Crippen MR) is 103 cm³/mol. The summed E-state index contributed by atoms with van der Waals surface area (Å²) >= 11 is 6.28. The summed E-state index contributed by atoms with van der Waals surface area (Å²) in [6, 6.07) is 11.1. The average molecular weight is 383 g/mol. The molecular formula is C19H19ClN6O. The van der Waals surface area contributed by atoms with Crippen molar-refractivity contribution in [1.29, 1.82) is 5.26 Å². The molecule has 2 heterocycles. The van der Waals surface area contributed by atoms with Crippen LogP contribution in [0.3, 0.4) is 0 Å². The summed E-state index contributed by atoms with van der Waals surface area (Å²) < 4.78 is 7.30. The van der Waals surface area contributed by atoms with Crippen molar-refractivity contribution < 1.29 is 4.74 Å². The highest BCUT2D eigenvalue weighted by Crippen LogP contribution is 2.27.